The summed E-state index contributed by atoms with van der Waals surface area (Å²) in [5.74, 6) is 3.70. The SMILES string of the molecule is CCSCC(C)N(C)Cc1nc(C)no1. The lowest BCUT2D eigenvalue weighted by molar-refractivity contribution is 0.228. The van der Waals surface area contributed by atoms with Crippen LogP contribution in [-0.4, -0.2) is 39.6 Å². The van der Waals surface area contributed by atoms with E-state index in [0.717, 1.165) is 18.1 Å². The quantitative estimate of drug-likeness (QED) is 0.746. The fraction of sp³-hybridized carbons (Fsp3) is 0.800. The fourth-order valence-electron chi connectivity index (χ4n) is 1.19. The highest BCUT2D eigenvalue weighted by atomic mass is 32.2. The molecule has 0 aliphatic rings. The molecule has 0 aliphatic heterocycles. The molecule has 4 nitrogen and oxygen atoms in total. The maximum Gasteiger partial charge on any atom is 0.240 e. The van der Waals surface area contributed by atoms with E-state index in [2.05, 4.69) is 35.9 Å². The summed E-state index contributed by atoms with van der Waals surface area (Å²) in [6.45, 7) is 6.96. The Morgan fingerprint density at radius 3 is 2.80 bits per heavy atom. The first-order chi connectivity index (χ1) is 7.13. The number of hydrogen-bond donors (Lipinski definition) is 0. The van der Waals surface area contributed by atoms with Gasteiger partial charge in [-0.05, 0) is 26.6 Å². The molecular formula is C10H19N3OS. The Balaban J connectivity index is 2.37. The Bertz CT molecular complexity index is 290. The van der Waals surface area contributed by atoms with Crippen LogP contribution in [0.2, 0.25) is 0 Å². The second-order valence-electron chi connectivity index (χ2n) is 3.66. The Kier molecular flexibility index (Phi) is 5.11. The normalized spacial score (nSPS) is 13.4. The van der Waals surface area contributed by atoms with Crippen LogP contribution >= 0.6 is 11.8 Å². The maximum absolute atomic E-state index is 5.08. The summed E-state index contributed by atoms with van der Waals surface area (Å²) in [6.07, 6.45) is 0. The number of hydrogen-bond acceptors (Lipinski definition) is 5. The average molecular weight is 229 g/mol. The summed E-state index contributed by atoms with van der Waals surface area (Å²) >= 11 is 1.95. The van der Waals surface area contributed by atoms with Crippen LogP contribution in [0.4, 0.5) is 0 Å². The molecule has 86 valence electrons. The lowest BCUT2D eigenvalue weighted by Gasteiger charge is -2.22. The van der Waals surface area contributed by atoms with E-state index in [0.29, 0.717) is 17.8 Å². The zero-order valence-electron chi connectivity index (χ0n) is 9.86. The third kappa shape index (κ3) is 4.22. The van der Waals surface area contributed by atoms with Crippen molar-refractivity contribution in [1.82, 2.24) is 15.0 Å². The van der Waals surface area contributed by atoms with Crippen LogP contribution in [0.3, 0.4) is 0 Å². The fourth-order valence-corrected chi connectivity index (χ4v) is 2.02. The van der Waals surface area contributed by atoms with Crippen molar-refractivity contribution in [3.63, 3.8) is 0 Å². The molecule has 1 aromatic rings. The van der Waals surface area contributed by atoms with Crippen LogP contribution in [-0.2, 0) is 6.54 Å². The van der Waals surface area contributed by atoms with E-state index in [1.165, 1.54) is 0 Å². The van der Waals surface area contributed by atoms with Crippen molar-refractivity contribution in [1.29, 1.82) is 0 Å². The van der Waals surface area contributed by atoms with Crippen molar-refractivity contribution in [3.8, 4) is 0 Å². The topological polar surface area (TPSA) is 42.2 Å². The molecule has 0 aliphatic carbocycles. The van der Waals surface area contributed by atoms with Gasteiger partial charge in [-0.15, -0.1) is 0 Å². The van der Waals surface area contributed by atoms with E-state index in [4.69, 9.17) is 4.52 Å². The maximum atomic E-state index is 5.08. The van der Waals surface area contributed by atoms with Gasteiger partial charge in [0.2, 0.25) is 5.89 Å². The smallest absolute Gasteiger partial charge is 0.240 e. The molecule has 0 bridgehead atoms. The Morgan fingerprint density at radius 1 is 1.53 bits per heavy atom. The molecule has 0 fully saturated rings. The van der Waals surface area contributed by atoms with Gasteiger partial charge in [-0.1, -0.05) is 12.1 Å². The summed E-state index contributed by atoms with van der Waals surface area (Å²) in [6, 6.07) is 0.530. The summed E-state index contributed by atoms with van der Waals surface area (Å²) < 4.78 is 5.08. The van der Waals surface area contributed by atoms with E-state index < -0.39 is 0 Å². The summed E-state index contributed by atoms with van der Waals surface area (Å²) in [5.41, 5.74) is 0. The zero-order chi connectivity index (χ0) is 11.3. The van der Waals surface area contributed by atoms with E-state index in [1.54, 1.807) is 0 Å². The minimum Gasteiger partial charge on any atom is -0.338 e. The van der Waals surface area contributed by atoms with E-state index in [9.17, 15) is 0 Å². The molecule has 1 atom stereocenters. The number of aromatic nitrogens is 2. The molecule has 0 saturated heterocycles. The van der Waals surface area contributed by atoms with E-state index in [1.807, 2.05) is 18.7 Å². The molecule has 0 saturated carbocycles. The molecule has 0 N–H and O–H groups in total. The van der Waals surface area contributed by atoms with E-state index >= 15 is 0 Å². The zero-order valence-corrected chi connectivity index (χ0v) is 10.7. The lowest BCUT2D eigenvalue weighted by Crippen LogP contribution is -2.30. The highest BCUT2D eigenvalue weighted by molar-refractivity contribution is 7.99. The monoisotopic (exact) mass is 229 g/mol. The van der Waals surface area contributed by atoms with Crippen LogP contribution in [0.15, 0.2) is 4.52 Å². The molecule has 0 radical (unpaired) electrons. The van der Waals surface area contributed by atoms with Gasteiger partial charge in [0.1, 0.15) is 0 Å². The summed E-state index contributed by atoms with van der Waals surface area (Å²) in [4.78, 5) is 6.42. The minimum atomic E-state index is 0.530. The molecule has 1 aromatic heterocycles. The van der Waals surface area contributed by atoms with Crippen molar-refractivity contribution in [2.45, 2.75) is 33.4 Å². The molecule has 5 heteroatoms. The highest BCUT2D eigenvalue weighted by Gasteiger charge is 2.12. The van der Waals surface area contributed by atoms with Gasteiger partial charge in [0.15, 0.2) is 5.82 Å². The van der Waals surface area contributed by atoms with Crippen LogP contribution < -0.4 is 0 Å². The van der Waals surface area contributed by atoms with Crippen molar-refractivity contribution < 1.29 is 4.52 Å². The van der Waals surface area contributed by atoms with E-state index in [-0.39, 0.29) is 0 Å². The Hall–Kier alpha value is -0.550. The molecule has 0 amide bonds. The van der Waals surface area contributed by atoms with Crippen molar-refractivity contribution in [2.75, 3.05) is 18.6 Å². The molecule has 0 aromatic carbocycles. The number of nitrogens with zero attached hydrogens (tertiary/aromatic N) is 3. The average Bonchev–Trinajstić information content (AvgIpc) is 2.60. The standard InChI is InChI=1S/C10H19N3OS/c1-5-15-7-8(2)13(4)6-10-11-9(3)12-14-10/h8H,5-7H2,1-4H3. The first-order valence-corrected chi connectivity index (χ1v) is 6.36. The number of aryl methyl sites for hydroxylation is 1. The third-order valence-corrected chi connectivity index (χ3v) is 3.40. The predicted octanol–water partition coefficient (Wildman–Crippen LogP) is 1.95. The molecule has 1 heterocycles. The van der Waals surface area contributed by atoms with Gasteiger partial charge in [0.05, 0.1) is 6.54 Å². The number of thioether (sulfide) groups is 1. The summed E-state index contributed by atoms with van der Waals surface area (Å²) in [5, 5.41) is 3.77. The van der Waals surface area contributed by atoms with Gasteiger partial charge in [-0.25, -0.2) is 0 Å². The van der Waals surface area contributed by atoms with Crippen molar-refractivity contribution >= 4 is 11.8 Å². The van der Waals surface area contributed by atoms with Gasteiger partial charge in [-0.2, -0.15) is 16.7 Å². The lowest BCUT2D eigenvalue weighted by atomic mass is 10.3. The minimum absolute atomic E-state index is 0.530. The van der Waals surface area contributed by atoms with Crippen molar-refractivity contribution in [2.24, 2.45) is 0 Å². The summed E-state index contributed by atoms with van der Waals surface area (Å²) in [7, 11) is 2.08. The first kappa shape index (κ1) is 12.5. The van der Waals surface area contributed by atoms with Crippen LogP contribution in [0.5, 0.6) is 0 Å². The predicted molar refractivity (Wildman–Crippen MR) is 63.0 cm³/mol. The van der Waals surface area contributed by atoms with Gasteiger partial charge in [0.25, 0.3) is 0 Å². The Morgan fingerprint density at radius 2 is 2.27 bits per heavy atom. The third-order valence-electron chi connectivity index (χ3n) is 2.27. The van der Waals surface area contributed by atoms with Crippen LogP contribution in [0, 0.1) is 6.92 Å². The Labute approximate surface area is 95.4 Å². The molecule has 0 spiro atoms. The molecule has 1 unspecified atom stereocenters. The molecule has 1 rings (SSSR count). The van der Waals surface area contributed by atoms with Crippen LogP contribution in [0.25, 0.3) is 0 Å². The van der Waals surface area contributed by atoms with Crippen molar-refractivity contribution in [3.05, 3.63) is 11.7 Å². The van der Waals surface area contributed by atoms with Gasteiger partial charge < -0.3 is 4.52 Å². The number of rotatable bonds is 6. The molecular weight excluding hydrogens is 210 g/mol. The highest BCUT2D eigenvalue weighted by Crippen LogP contribution is 2.09. The van der Waals surface area contributed by atoms with Gasteiger partial charge in [-0.3, -0.25) is 4.90 Å². The largest absolute Gasteiger partial charge is 0.338 e. The van der Waals surface area contributed by atoms with Gasteiger partial charge in [0, 0.05) is 11.8 Å². The first-order valence-electron chi connectivity index (χ1n) is 5.20. The second kappa shape index (κ2) is 6.12. The molecule has 15 heavy (non-hydrogen) atoms. The van der Waals surface area contributed by atoms with Crippen LogP contribution in [0.1, 0.15) is 25.6 Å². The van der Waals surface area contributed by atoms with Gasteiger partial charge >= 0.3 is 0 Å². The second-order valence-corrected chi connectivity index (χ2v) is 4.98.